The lowest BCUT2D eigenvalue weighted by Gasteiger charge is -2.21. The van der Waals surface area contributed by atoms with Crippen molar-refractivity contribution in [3.8, 4) is 0 Å². The fraction of sp³-hybridized carbons (Fsp3) is 0.615. The second-order valence-corrected chi connectivity index (χ2v) is 6.78. The smallest absolute Gasteiger partial charge is 0.244 e. The van der Waals surface area contributed by atoms with Crippen molar-refractivity contribution in [1.82, 2.24) is 9.29 Å². The number of nitrogens with zero attached hydrogens (tertiary/aromatic N) is 2. The Morgan fingerprint density at radius 3 is 2.30 bits per heavy atom. The Labute approximate surface area is 126 Å². The maximum absolute atomic E-state index is 12.5. The van der Waals surface area contributed by atoms with E-state index >= 15 is 0 Å². The first kappa shape index (κ1) is 17.2. The molecular weight excluding hydrogens is 298 g/mol. The number of anilines is 1. The second kappa shape index (κ2) is 7.81. The molecule has 0 aliphatic carbocycles. The molecule has 1 heterocycles. The van der Waals surface area contributed by atoms with Crippen LogP contribution in [-0.4, -0.2) is 37.3 Å². The highest BCUT2D eigenvalue weighted by Gasteiger charge is 2.24. The summed E-state index contributed by atoms with van der Waals surface area (Å²) in [6.45, 7) is 7.52. The first-order valence-corrected chi connectivity index (χ1v) is 8.68. The molecule has 0 radical (unpaired) electrons. The molecule has 0 unspecified atom stereocenters. The lowest BCUT2D eigenvalue weighted by atomic mass is 10.4. The summed E-state index contributed by atoms with van der Waals surface area (Å²) in [5.74, 6) is 0.505. The summed E-state index contributed by atoms with van der Waals surface area (Å²) in [4.78, 5) is 4.23. The molecule has 1 aromatic heterocycles. The van der Waals surface area contributed by atoms with E-state index < -0.39 is 10.0 Å². The quantitative estimate of drug-likeness (QED) is 0.800. The van der Waals surface area contributed by atoms with Crippen molar-refractivity contribution in [2.45, 2.75) is 38.5 Å². The van der Waals surface area contributed by atoms with Gasteiger partial charge in [-0.25, -0.2) is 13.4 Å². The van der Waals surface area contributed by atoms with Crippen molar-refractivity contribution in [1.29, 1.82) is 0 Å². The fourth-order valence-corrected chi connectivity index (χ4v) is 3.75. The number of nitrogens with one attached hydrogen (secondary N) is 1. The number of rotatable bonds is 8. The minimum Gasteiger partial charge on any atom is -0.369 e. The third kappa shape index (κ3) is 4.07. The Hall–Kier alpha value is -0.850. The summed E-state index contributed by atoms with van der Waals surface area (Å²) in [5.41, 5.74) is 0. The molecule has 0 spiro atoms. The van der Waals surface area contributed by atoms with Crippen molar-refractivity contribution < 1.29 is 8.42 Å². The molecule has 0 bridgehead atoms. The number of pyridine rings is 1. The molecule has 0 saturated heterocycles. The predicted molar refractivity (Wildman–Crippen MR) is 82.8 cm³/mol. The van der Waals surface area contributed by atoms with E-state index in [9.17, 15) is 8.42 Å². The summed E-state index contributed by atoms with van der Waals surface area (Å²) in [6, 6.07) is 1.46. The van der Waals surface area contributed by atoms with Crippen LogP contribution in [0.3, 0.4) is 0 Å². The van der Waals surface area contributed by atoms with Crippen LogP contribution in [0.15, 0.2) is 17.2 Å². The van der Waals surface area contributed by atoms with Crippen LogP contribution >= 0.6 is 11.6 Å². The van der Waals surface area contributed by atoms with Crippen molar-refractivity contribution in [3.63, 3.8) is 0 Å². The summed E-state index contributed by atoms with van der Waals surface area (Å²) in [7, 11) is -3.52. The third-order valence-corrected chi connectivity index (χ3v) is 4.90. The highest BCUT2D eigenvalue weighted by atomic mass is 35.5. The average molecular weight is 320 g/mol. The van der Waals surface area contributed by atoms with E-state index in [2.05, 4.69) is 10.3 Å². The molecule has 114 valence electrons. The number of halogens is 1. The zero-order valence-corrected chi connectivity index (χ0v) is 13.8. The van der Waals surface area contributed by atoms with Gasteiger partial charge in [-0.1, -0.05) is 25.4 Å². The molecule has 0 aromatic carbocycles. The van der Waals surface area contributed by atoms with E-state index in [-0.39, 0.29) is 4.90 Å². The molecule has 1 rings (SSSR count). The minimum absolute atomic E-state index is 0.144. The molecule has 0 fully saturated rings. The van der Waals surface area contributed by atoms with Crippen molar-refractivity contribution in [2.24, 2.45) is 0 Å². The van der Waals surface area contributed by atoms with Gasteiger partial charge in [-0.2, -0.15) is 4.31 Å². The van der Waals surface area contributed by atoms with Crippen molar-refractivity contribution in [3.05, 3.63) is 17.3 Å². The number of hydrogen-bond donors (Lipinski definition) is 1. The van der Waals surface area contributed by atoms with Gasteiger partial charge in [0.25, 0.3) is 0 Å². The standard InChI is InChI=1S/C13H22ClN3O2S/c1-4-7-17(8-5-2)20(18,19)11-9-12(14)13(15-6-3)16-10-11/h9-10H,4-8H2,1-3H3,(H,15,16). The Morgan fingerprint density at radius 2 is 1.85 bits per heavy atom. The van der Waals surface area contributed by atoms with Gasteiger partial charge >= 0.3 is 0 Å². The largest absolute Gasteiger partial charge is 0.369 e. The van der Waals surface area contributed by atoms with Gasteiger partial charge in [0.05, 0.1) is 5.02 Å². The van der Waals surface area contributed by atoms with Crippen LogP contribution < -0.4 is 5.32 Å². The molecule has 0 aliphatic rings. The lowest BCUT2D eigenvalue weighted by molar-refractivity contribution is 0.410. The van der Waals surface area contributed by atoms with Crippen LogP contribution in [0.2, 0.25) is 5.02 Å². The van der Waals surface area contributed by atoms with Crippen molar-refractivity contribution in [2.75, 3.05) is 25.0 Å². The van der Waals surface area contributed by atoms with Crippen LogP contribution in [-0.2, 0) is 10.0 Å². The number of hydrogen-bond acceptors (Lipinski definition) is 4. The van der Waals surface area contributed by atoms with Crippen LogP contribution in [0.5, 0.6) is 0 Å². The first-order chi connectivity index (χ1) is 9.47. The Morgan fingerprint density at radius 1 is 1.25 bits per heavy atom. The van der Waals surface area contributed by atoms with Gasteiger partial charge in [0, 0.05) is 25.8 Å². The summed E-state index contributed by atoms with van der Waals surface area (Å²) in [5, 5.41) is 3.30. The van der Waals surface area contributed by atoms with Crippen molar-refractivity contribution >= 4 is 27.4 Å². The maximum Gasteiger partial charge on any atom is 0.244 e. The zero-order chi connectivity index (χ0) is 15.2. The summed E-state index contributed by atoms with van der Waals surface area (Å²) >= 11 is 6.07. The van der Waals surface area contributed by atoms with Crippen LogP contribution in [0.1, 0.15) is 33.6 Å². The lowest BCUT2D eigenvalue weighted by Crippen LogP contribution is -2.32. The topological polar surface area (TPSA) is 62.3 Å². The van der Waals surface area contributed by atoms with Crippen LogP contribution in [0, 0.1) is 0 Å². The van der Waals surface area contributed by atoms with E-state index in [1.54, 1.807) is 0 Å². The summed E-state index contributed by atoms with van der Waals surface area (Å²) < 4.78 is 26.6. The maximum atomic E-state index is 12.5. The molecule has 0 saturated carbocycles. The van der Waals surface area contributed by atoms with Gasteiger partial charge in [-0.15, -0.1) is 0 Å². The second-order valence-electron chi connectivity index (χ2n) is 4.44. The predicted octanol–water partition coefficient (Wildman–Crippen LogP) is 2.98. The van der Waals surface area contributed by atoms with Crippen LogP contribution in [0.4, 0.5) is 5.82 Å². The normalized spacial score (nSPS) is 11.8. The van der Waals surface area contributed by atoms with Gasteiger partial charge in [-0.05, 0) is 25.8 Å². The SMILES string of the molecule is CCCN(CCC)S(=O)(=O)c1cnc(NCC)c(Cl)c1. The Bertz CT molecular complexity index is 528. The minimum atomic E-state index is -3.52. The molecular formula is C13H22ClN3O2S. The highest BCUT2D eigenvalue weighted by Crippen LogP contribution is 2.24. The average Bonchev–Trinajstić information content (AvgIpc) is 2.41. The molecule has 1 aromatic rings. The monoisotopic (exact) mass is 319 g/mol. The van der Waals surface area contributed by atoms with Gasteiger partial charge in [0.1, 0.15) is 10.7 Å². The van der Waals surface area contributed by atoms with E-state index in [4.69, 9.17) is 11.6 Å². The van der Waals surface area contributed by atoms with Gasteiger partial charge in [-0.3, -0.25) is 0 Å². The molecule has 0 amide bonds. The Balaban J connectivity index is 3.10. The Kier molecular flexibility index (Phi) is 6.71. The third-order valence-electron chi connectivity index (χ3n) is 2.74. The van der Waals surface area contributed by atoms with Gasteiger partial charge in [0.15, 0.2) is 0 Å². The zero-order valence-electron chi connectivity index (χ0n) is 12.2. The molecule has 5 nitrogen and oxygen atoms in total. The number of sulfonamides is 1. The van der Waals surface area contributed by atoms with E-state index in [0.717, 1.165) is 12.8 Å². The first-order valence-electron chi connectivity index (χ1n) is 6.86. The molecule has 0 atom stereocenters. The molecule has 20 heavy (non-hydrogen) atoms. The molecule has 0 aliphatic heterocycles. The summed E-state index contributed by atoms with van der Waals surface area (Å²) in [6.07, 6.45) is 2.91. The van der Waals surface area contributed by atoms with E-state index in [1.807, 2.05) is 20.8 Å². The van der Waals surface area contributed by atoms with Gasteiger partial charge in [0.2, 0.25) is 10.0 Å². The van der Waals surface area contributed by atoms with E-state index in [0.29, 0.717) is 30.5 Å². The highest BCUT2D eigenvalue weighted by molar-refractivity contribution is 7.89. The van der Waals surface area contributed by atoms with Gasteiger partial charge < -0.3 is 5.32 Å². The molecule has 7 heteroatoms. The number of aromatic nitrogens is 1. The van der Waals surface area contributed by atoms with E-state index in [1.165, 1.54) is 16.6 Å². The fourth-order valence-electron chi connectivity index (χ4n) is 1.86. The molecule has 1 N–H and O–H groups in total. The van der Waals surface area contributed by atoms with Crippen LogP contribution in [0.25, 0.3) is 0 Å².